The fourth-order valence-electron chi connectivity index (χ4n) is 1.40. The minimum absolute atomic E-state index is 0.0205. The van der Waals surface area contributed by atoms with E-state index < -0.39 is 0 Å². The summed E-state index contributed by atoms with van der Waals surface area (Å²) < 4.78 is 3.35. The maximum absolute atomic E-state index is 11.7. The molecule has 80 valence electrons. The number of aliphatic hydroxyl groups is 1. The van der Waals surface area contributed by atoms with Crippen molar-refractivity contribution in [3.05, 3.63) is 22.9 Å². The summed E-state index contributed by atoms with van der Waals surface area (Å²) in [6, 6.07) is 0. The van der Waals surface area contributed by atoms with Gasteiger partial charge in [0.1, 0.15) is 0 Å². The van der Waals surface area contributed by atoms with Gasteiger partial charge in [-0.3, -0.25) is 9.13 Å². The SMILES string of the molecule is CCCn1ccn(CC(C)CO)c1=O. The van der Waals surface area contributed by atoms with Crippen molar-refractivity contribution in [3.63, 3.8) is 0 Å². The first-order valence-corrected chi connectivity index (χ1v) is 5.05. The molecule has 1 aromatic rings. The van der Waals surface area contributed by atoms with Crippen molar-refractivity contribution in [1.29, 1.82) is 0 Å². The molecule has 0 bridgehead atoms. The maximum atomic E-state index is 11.7. The van der Waals surface area contributed by atoms with Gasteiger partial charge in [0.2, 0.25) is 0 Å². The largest absolute Gasteiger partial charge is 0.396 e. The molecule has 0 spiro atoms. The van der Waals surface area contributed by atoms with Gasteiger partial charge in [-0.2, -0.15) is 0 Å². The summed E-state index contributed by atoms with van der Waals surface area (Å²) in [6.07, 6.45) is 4.54. The second kappa shape index (κ2) is 5.00. The number of aliphatic hydroxyl groups excluding tert-OH is 1. The summed E-state index contributed by atoms with van der Waals surface area (Å²) in [5.41, 5.74) is 0.0205. The summed E-state index contributed by atoms with van der Waals surface area (Å²) in [4.78, 5) is 11.7. The lowest BCUT2D eigenvalue weighted by Gasteiger charge is -2.07. The zero-order valence-electron chi connectivity index (χ0n) is 8.81. The van der Waals surface area contributed by atoms with Gasteiger partial charge in [0.25, 0.3) is 0 Å². The van der Waals surface area contributed by atoms with E-state index in [1.165, 1.54) is 0 Å². The van der Waals surface area contributed by atoms with Crippen LogP contribution in [0.3, 0.4) is 0 Å². The normalized spacial score (nSPS) is 13.1. The third-order valence-electron chi connectivity index (χ3n) is 2.20. The average molecular weight is 198 g/mol. The quantitative estimate of drug-likeness (QED) is 0.756. The highest BCUT2D eigenvalue weighted by molar-refractivity contribution is 4.81. The second-order valence-electron chi connectivity index (χ2n) is 3.71. The summed E-state index contributed by atoms with van der Waals surface area (Å²) in [5, 5.41) is 8.87. The van der Waals surface area contributed by atoms with E-state index in [0.717, 1.165) is 13.0 Å². The zero-order chi connectivity index (χ0) is 10.6. The number of hydrogen-bond acceptors (Lipinski definition) is 2. The molecular formula is C10H18N2O2. The van der Waals surface area contributed by atoms with Gasteiger partial charge in [0.15, 0.2) is 0 Å². The molecule has 0 aliphatic carbocycles. The highest BCUT2D eigenvalue weighted by atomic mass is 16.3. The number of imidazole rings is 1. The van der Waals surface area contributed by atoms with Crippen molar-refractivity contribution in [1.82, 2.24) is 9.13 Å². The molecule has 0 saturated heterocycles. The van der Waals surface area contributed by atoms with Crippen LogP contribution in [-0.4, -0.2) is 20.8 Å². The van der Waals surface area contributed by atoms with E-state index in [0.29, 0.717) is 6.54 Å². The van der Waals surface area contributed by atoms with Gasteiger partial charge in [-0.1, -0.05) is 13.8 Å². The van der Waals surface area contributed by atoms with Crippen molar-refractivity contribution in [2.24, 2.45) is 5.92 Å². The minimum atomic E-state index is 0.0205. The first kappa shape index (κ1) is 11.0. The Morgan fingerprint density at radius 1 is 1.43 bits per heavy atom. The molecule has 1 heterocycles. The van der Waals surface area contributed by atoms with Gasteiger partial charge in [0, 0.05) is 32.1 Å². The van der Waals surface area contributed by atoms with E-state index in [1.807, 2.05) is 13.8 Å². The Morgan fingerprint density at radius 3 is 2.64 bits per heavy atom. The Balaban J connectivity index is 2.74. The molecular weight excluding hydrogens is 180 g/mol. The lowest BCUT2D eigenvalue weighted by Crippen LogP contribution is -2.26. The molecule has 0 aliphatic rings. The van der Waals surface area contributed by atoms with Crippen LogP contribution in [0.1, 0.15) is 20.3 Å². The number of aryl methyl sites for hydroxylation is 1. The van der Waals surface area contributed by atoms with Gasteiger partial charge in [-0.15, -0.1) is 0 Å². The Kier molecular flexibility index (Phi) is 3.95. The zero-order valence-corrected chi connectivity index (χ0v) is 8.81. The Labute approximate surface area is 83.8 Å². The van der Waals surface area contributed by atoms with Crippen molar-refractivity contribution < 1.29 is 5.11 Å². The van der Waals surface area contributed by atoms with Crippen molar-refractivity contribution in [3.8, 4) is 0 Å². The summed E-state index contributed by atoms with van der Waals surface area (Å²) in [7, 11) is 0. The molecule has 0 aliphatic heterocycles. The number of rotatable bonds is 5. The van der Waals surface area contributed by atoms with Crippen LogP contribution in [0.5, 0.6) is 0 Å². The Bertz CT molecular complexity index is 327. The van der Waals surface area contributed by atoms with Crippen LogP contribution < -0.4 is 5.69 Å². The fraction of sp³-hybridized carbons (Fsp3) is 0.700. The van der Waals surface area contributed by atoms with Gasteiger partial charge >= 0.3 is 5.69 Å². The minimum Gasteiger partial charge on any atom is -0.396 e. The monoisotopic (exact) mass is 198 g/mol. The predicted molar refractivity (Wildman–Crippen MR) is 55.2 cm³/mol. The van der Waals surface area contributed by atoms with E-state index in [-0.39, 0.29) is 18.2 Å². The lowest BCUT2D eigenvalue weighted by atomic mass is 10.2. The fourth-order valence-corrected chi connectivity index (χ4v) is 1.40. The predicted octanol–water partition coefficient (Wildman–Crippen LogP) is 0.688. The third-order valence-corrected chi connectivity index (χ3v) is 2.20. The van der Waals surface area contributed by atoms with Crippen LogP contribution in [0, 0.1) is 5.92 Å². The molecule has 4 heteroatoms. The molecule has 14 heavy (non-hydrogen) atoms. The topological polar surface area (TPSA) is 47.2 Å². The van der Waals surface area contributed by atoms with Gasteiger partial charge in [0.05, 0.1) is 0 Å². The molecule has 1 rings (SSSR count). The smallest absolute Gasteiger partial charge is 0.328 e. The molecule has 0 amide bonds. The summed E-state index contributed by atoms with van der Waals surface area (Å²) >= 11 is 0. The molecule has 1 atom stereocenters. The molecule has 1 unspecified atom stereocenters. The molecule has 0 saturated carbocycles. The van der Waals surface area contributed by atoms with Crippen LogP contribution in [-0.2, 0) is 13.1 Å². The average Bonchev–Trinajstić information content (AvgIpc) is 2.50. The van der Waals surface area contributed by atoms with E-state index >= 15 is 0 Å². The molecule has 0 aromatic carbocycles. The lowest BCUT2D eigenvalue weighted by molar-refractivity contribution is 0.221. The molecule has 0 radical (unpaired) electrons. The first-order valence-electron chi connectivity index (χ1n) is 5.05. The molecule has 1 aromatic heterocycles. The van der Waals surface area contributed by atoms with Crippen molar-refractivity contribution in [2.75, 3.05) is 6.61 Å². The highest BCUT2D eigenvalue weighted by Gasteiger charge is 2.05. The Morgan fingerprint density at radius 2 is 2.07 bits per heavy atom. The van der Waals surface area contributed by atoms with E-state index in [4.69, 9.17) is 5.11 Å². The number of aromatic nitrogens is 2. The van der Waals surface area contributed by atoms with Gasteiger partial charge < -0.3 is 5.11 Å². The van der Waals surface area contributed by atoms with Crippen LogP contribution in [0.15, 0.2) is 17.2 Å². The molecule has 0 fully saturated rings. The summed E-state index contributed by atoms with van der Waals surface area (Å²) in [6.45, 7) is 5.43. The van der Waals surface area contributed by atoms with Crippen LogP contribution in [0.4, 0.5) is 0 Å². The summed E-state index contributed by atoms with van der Waals surface area (Å²) in [5.74, 6) is 0.130. The van der Waals surface area contributed by atoms with Crippen LogP contribution >= 0.6 is 0 Å². The second-order valence-corrected chi connectivity index (χ2v) is 3.71. The van der Waals surface area contributed by atoms with Crippen LogP contribution in [0.2, 0.25) is 0 Å². The third kappa shape index (κ3) is 2.48. The van der Waals surface area contributed by atoms with Crippen molar-refractivity contribution >= 4 is 0 Å². The van der Waals surface area contributed by atoms with E-state index in [9.17, 15) is 4.79 Å². The van der Waals surface area contributed by atoms with E-state index in [1.54, 1.807) is 21.5 Å². The molecule has 4 nitrogen and oxygen atoms in total. The van der Waals surface area contributed by atoms with Gasteiger partial charge in [-0.25, -0.2) is 4.79 Å². The number of hydrogen-bond donors (Lipinski definition) is 1. The van der Waals surface area contributed by atoms with Gasteiger partial charge in [-0.05, 0) is 12.3 Å². The van der Waals surface area contributed by atoms with Crippen molar-refractivity contribution in [2.45, 2.75) is 33.4 Å². The molecule has 1 N–H and O–H groups in total. The Hall–Kier alpha value is -1.03. The first-order chi connectivity index (χ1) is 6.69. The standard InChI is InChI=1S/C10H18N2O2/c1-3-4-11-5-6-12(10(11)14)7-9(2)8-13/h5-6,9,13H,3-4,7-8H2,1-2H3. The maximum Gasteiger partial charge on any atom is 0.328 e. The number of nitrogens with zero attached hydrogens (tertiary/aromatic N) is 2. The van der Waals surface area contributed by atoms with Crippen LogP contribution in [0.25, 0.3) is 0 Å². The van der Waals surface area contributed by atoms with E-state index in [2.05, 4.69) is 0 Å². The highest BCUT2D eigenvalue weighted by Crippen LogP contribution is 1.97.